The number of fused-ring (bicyclic) bond motifs is 2. The summed E-state index contributed by atoms with van der Waals surface area (Å²) in [5.41, 5.74) is 2.81. The fraction of sp³-hybridized carbons (Fsp3) is 0.367. The van der Waals surface area contributed by atoms with Crippen molar-refractivity contribution in [3.63, 3.8) is 0 Å². The van der Waals surface area contributed by atoms with E-state index in [4.69, 9.17) is 30.8 Å². The average molecular weight is 574 g/mol. The summed E-state index contributed by atoms with van der Waals surface area (Å²) in [4.78, 5) is 41.2. The van der Waals surface area contributed by atoms with Gasteiger partial charge in [-0.05, 0) is 49.6 Å². The van der Waals surface area contributed by atoms with Crippen molar-refractivity contribution >= 4 is 28.6 Å². The molecule has 210 valence electrons. The van der Waals surface area contributed by atoms with Crippen molar-refractivity contribution < 1.29 is 19.0 Å². The summed E-state index contributed by atoms with van der Waals surface area (Å²) >= 11 is 6.05. The molecule has 0 N–H and O–H groups in total. The first-order valence-electron chi connectivity index (χ1n) is 13.8. The molecule has 2 atom stereocenters. The number of hydrogen-bond acceptors (Lipinski definition) is 8. The van der Waals surface area contributed by atoms with Gasteiger partial charge in [0.2, 0.25) is 0 Å². The average Bonchev–Trinajstić information content (AvgIpc) is 3.72. The van der Waals surface area contributed by atoms with E-state index in [9.17, 15) is 9.59 Å². The number of hydrogen-bond donors (Lipinski definition) is 0. The molecular weight excluding hydrogens is 546 g/mol. The van der Waals surface area contributed by atoms with E-state index in [2.05, 4.69) is 9.97 Å². The number of carbonyl (C=O) groups excluding carboxylic acids is 1. The molecule has 0 radical (unpaired) electrons. The Morgan fingerprint density at radius 1 is 1.02 bits per heavy atom. The molecule has 2 aromatic heterocycles. The van der Waals surface area contributed by atoms with Gasteiger partial charge in [0.15, 0.2) is 0 Å². The van der Waals surface area contributed by atoms with E-state index in [1.807, 2.05) is 25.1 Å². The zero-order valence-corrected chi connectivity index (χ0v) is 23.2. The number of halogens is 1. The zero-order valence-electron chi connectivity index (χ0n) is 22.5. The molecular formula is C30H28ClN5O5. The smallest absolute Gasteiger partial charge is 0.410 e. The summed E-state index contributed by atoms with van der Waals surface area (Å²) in [7, 11) is 0. The van der Waals surface area contributed by atoms with E-state index in [1.165, 1.54) is 0 Å². The van der Waals surface area contributed by atoms with Crippen LogP contribution in [0.25, 0.3) is 22.0 Å². The number of benzene rings is 2. The second kappa shape index (κ2) is 10.3. The van der Waals surface area contributed by atoms with Crippen molar-refractivity contribution in [1.29, 1.82) is 0 Å². The largest absolute Gasteiger partial charge is 0.490 e. The molecule has 10 nitrogen and oxygen atoms in total. The first-order valence-corrected chi connectivity index (χ1v) is 14.2. The van der Waals surface area contributed by atoms with Crippen LogP contribution in [0.3, 0.4) is 0 Å². The molecule has 3 aliphatic rings. The van der Waals surface area contributed by atoms with Gasteiger partial charge in [-0.2, -0.15) is 0 Å². The monoisotopic (exact) mass is 573 g/mol. The minimum Gasteiger partial charge on any atom is -0.490 e. The molecule has 0 spiro atoms. The molecule has 11 heteroatoms. The van der Waals surface area contributed by atoms with Crippen molar-refractivity contribution in [1.82, 2.24) is 24.4 Å². The molecule has 0 bridgehead atoms. The number of ether oxygens (including phenoxy) is 3. The predicted octanol–water partition coefficient (Wildman–Crippen LogP) is 4.77. The Morgan fingerprint density at radius 2 is 1.80 bits per heavy atom. The van der Waals surface area contributed by atoms with Crippen LogP contribution < -0.4 is 15.0 Å². The molecule has 41 heavy (non-hydrogen) atoms. The number of carbonyl (C=O) groups is 1. The van der Waals surface area contributed by atoms with E-state index < -0.39 is 0 Å². The summed E-state index contributed by atoms with van der Waals surface area (Å²) in [5.74, 6) is 1.14. The lowest BCUT2D eigenvalue weighted by molar-refractivity contribution is 0.0941. The Labute approximate surface area is 240 Å². The van der Waals surface area contributed by atoms with Crippen LogP contribution in [0.2, 0.25) is 5.02 Å². The Hall–Kier alpha value is -4.18. The summed E-state index contributed by atoms with van der Waals surface area (Å²) in [5, 5.41) is 1.09. The minimum absolute atomic E-state index is 0.0201. The fourth-order valence-corrected chi connectivity index (χ4v) is 5.57. The Balaban J connectivity index is 1.27. The maximum Gasteiger partial charge on any atom is 0.410 e. The van der Waals surface area contributed by atoms with Crippen LogP contribution in [-0.4, -0.2) is 61.9 Å². The summed E-state index contributed by atoms with van der Waals surface area (Å²) in [6.45, 7) is 3.11. The maximum atomic E-state index is 13.8. The van der Waals surface area contributed by atoms with Crippen LogP contribution in [0.4, 0.5) is 4.79 Å². The molecule has 2 aliphatic heterocycles. The normalized spacial score (nSPS) is 20.1. The quantitative estimate of drug-likeness (QED) is 0.311. The molecule has 4 heterocycles. The summed E-state index contributed by atoms with van der Waals surface area (Å²) < 4.78 is 19.2. The molecule has 2 aromatic carbocycles. The second-order valence-corrected chi connectivity index (χ2v) is 11.2. The summed E-state index contributed by atoms with van der Waals surface area (Å²) in [6.07, 6.45) is 6.51. The standard InChI is InChI=1S/C30H28ClN5O5/c1-17-34-26-11-24(19-13-32-29(33-14-19)41-22-6-7-22)27(40-23-8-9-35-21(10-23)16-39-30(35)38)12-25(26)28(37)36(17)15-18-2-4-20(31)5-3-18/h2-5,11-14,21-23H,6-10,15-16H2,1H3/t21-,23-/m0/s1. The number of aromatic nitrogens is 4. The summed E-state index contributed by atoms with van der Waals surface area (Å²) in [6, 6.07) is 11.4. The Bertz CT molecular complexity index is 1690. The third kappa shape index (κ3) is 5.19. The number of nitrogens with zero attached hydrogens (tertiary/aromatic N) is 5. The third-order valence-corrected chi connectivity index (χ3v) is 8.08. The van der Waals surface area contributed by atoms with E-state index >= 15 is 0 Å². The van der Waals surface area contributed by atoms with Crippen molar-refractivity contribution in [2.45, 2.75) is 57.4 Å². The predicted molar refractivity (Wildman–Crippen MR) is 151 cm³/mol. The molecule has 1 aliphatic carbocycles. The van der Waals surface area contributed by atoms with Gasteiger partial charge < -0.3 is 19.1 Å². The molecule has 2 saturated heterocycles. The first kappa shape index (κ1) is 25.8. The number of aryl methyl sites for hydroxylation is 1. The van der Waals surface area contributed by atoms with Crippen LogP contribution in [0.1, 0.15) is 37.1 Å². The van der Waals surface area contributed by atoms with E-state index in [1.54, 1.807) is 40.1 Å². The van der Waals surface area contributed by atoms with Crippen molar-refractivity contribution in [2.75, 3.05) is 13.2 Å². The van der Waals surface area contributed by atoms with Crippen LogP contribution >= 0.6 is 11.6 Å². The number of cyclic esters (lactones) is 1. The highest BCUT2D eigenvalue weighted by atomic mass is 35.5. The Kier molecular flexibility index (Phi) is 6.50. The van der Waals surface area contributed by atoms with Crippen LogP contribution in [0, 0.1) is 6.92 Å². The lowest BCUT2D eigenvalue weighted by Gasteiger charge is -2.33. The van der Waals surface area contributed by atoms with Gasteiger partial charge in [-0.1, -0.05) is 23.7 Å². The van der Waals surface area contributed by atoms with Crippen molar-refractivity contribution in [2.24, 2.45) is 0 Å². The van der Waals surface area contributed by atoms with Gasteiger partial charge in [0.25, 0.3) is 5.56 Å². The van der Waals surface area contributed by atoms with Gasteiger partial charge in [-0.3, -0.25) is 9.36 Å². The fourth-order valence-electron chi connectivity index (χ4n) is 5.44. The highest BCUT2D eigenvalue weighted by Crippen LogP contribution is 2.36. The van der Waals surface area contributed by atoms with Gasteiger partial charge in [0, 0.05) is 47.9 Å². The van der Waals surface area contributed by atoms with Gasteiger partial charge >= 0.3 is 12.1 Å². The number of piperidine rings is 1. The maximum absolute atomic E-state index is 13.8. The lowest BCUT2D eigenvalue weighted by atomic mass is 10.00. The van der Waals surface area contributed by atoms with Crippen LogP contribution in [0.5, 0.6) is 11.8 Å². The van der Waals surface area contributed by atoms with Crippen LogP contribution in [0.15, 0.2) is 53.6 Å². The molecule has 4 aromatic rings. The minimum atomic E-state index is -0.270. The molecule has 7 rings (SSSR count). The Morgan fingerprint density at radius 3 is 2.56 bits per heavy atom. The van der Waals surface area contributed by atoms with Crippen LogP contribution in [-0.2, 0) is 11.3 Å². The van der Waals surface area contributed by atoms with E-state index in [0.717, 1.165) is 29.5 Å². The molecule has 3 fully saturated rings. The van der Waals surface area contributed by atoms with E-state index in [-0.39, 0.29) is 29.9 Å². The third-order valence-electron chi connectivity index (χ3n) is 7.83. The van der Waals surface area contributed by atoms with Gasteiger partial charge in [-0.25, -0.2) is 19.7 Å². The highest BCUT2D eigenvalue weighted by molar-refractivity contribution is 6.30. The van der Waals surface area contributed by atoms with Gasteiger partial charge in [-0.15, -0.1) is 0 Å². The first-order chi connectivity index (χ1) is 19.9. The molecule has 1 amide bonds. The molecule has 1 saturated carbocycles. The zero-order chi connectivity index (χ0) is 28.1. The van der Waals surface area contributed by atoms with Crippen molar-refractivity contribution in [3.05, 3.63) is 75.6 Å². The van der Waals surface area contributed by atoms with Gasteiger partial charge in [0.1, 0.15) is 30.4 Å². The molecule has 0 unspecified atom stereocenters. The SMILES string of the molecule is Cc1nc2cc(-c3cnc(OC4CC4)nc3)c(O[C@H]3CCN4C(=O)OC[C@@H]4C3)cc2c(=O)n1Cc1ccc(Cl)cc1. The number of rotatable bonds is 7. The number of amides is 1. The van der Waals surface area contributed by atoms with Gasteiger partial charge in [0.05, 0.1) is 23.5 Å². The topological polar surface area (TPSA) is 109 Å². The highest BCUT2D eigenvalue weighted by Gasteiger charge is 2.39. The lowest BCUT2D eigenvalue weighted by Crippen LogP contribution is -2.44. The van der Waals surface area contributed by atoms with E-state index in [0.29, 0.717) is 66.0 Å². The van der Waals surface area contributed by atoms with Crippen molar-refractivity contribution in [3.8, 4) is 22.9 Å². The second-order valence-electron chi connectivity index (χ2n) is 10.8.